The highest BCUT2D eigenvalue weighted by molar-refractivity contribution is 5.96. The maximum Gasteiger partial charge on any atom is 0.227 e. The lowest BCUT2D eigenvalue weighted by Gasteiger charge is -2.32. The van der Waals surface area contributed by atoms with Crippen LogP contribution >= 0.6 is 0 Å². The number of amides is 2. The van der Waals surface area contributed by atoms with Crippen molar-refractivity contribution >= 4 is 17.6 Å². The maximum absolute atomic E-state index is 12.5. The lowest BCUT2D eigenvalue weighted by Crippen LogP contribution is -2.43. The zero-order valence-electron chi connectivity index (χ0n) is 13.6. The Labute approximate surface area is 135 Å². The highest BCUT2D eigenvalue weighted by Crippen LogP contribution is 2.25. The van der Waals surface area contributed by atoms with E-state index in [1.165, 1.54) is 0 Å². The van der Waals surface area contributed by atoms with E-state index in [1.807, 2.05) is 4.90 Å². The Hall–Kier alpha value is -2.18. The molecular formula is C16H22N4O3. The van der Waals surface area contributed by atoms with Gasteiger partial charge < -0.3 is 9.80 Å². The molecule has 1 aromatic rings. The molecule has 1 aromatic heterocycles. The van der Waals surface area contributed by atoms with Crippen LogP contribution in [-0.2, 0) is 16.6 Å². The summed E-state index contributed by atoms with van der Waals surface area (Å²) < 4.78 is 1.60. The molecule has 0 radical (unpaired) electrons. The van der Waals surface area contributed by atoms with Crippen LogP contribution in [0.25, 0.3) is 0 Å². The van der Waals surface area contributed by atoms with Gasteiger partial charge in [0, 0.05) is 52.3 Å². The van der Waals surface area contributed by atoms with E-state index >= 15 is 0 Å². The molecule has 2 aliphatic rings. The molecule has 0 N–H and O–H groups in total. The van der Waals surface area contributed by atoms with Crippen molar-refractivity contribution in [3.05, 3.63) is 18.0 Å². The minimum atomic E-state index is -0.225. The molecule has 0 bridgehead atoms. The van der Waals surface area contributed by atoms with E-state index < -0.39 is 0 Å². The van der Waals surface area contributed by atoms with Crippen LogP contribution in [0.3, 0.4) is 0 Å². The number of aryl methyl sites for hydroxylation is 1. The number of rotatable bonds is 3. The normalized spacial score (nSPS) is 22.7. The molecule has 124 valence electrons. The van der Waals surface area contributed by atoms with E-state index in [2.05, 4.69) is 5.10 Å². The summed E-state index contributed by atoms with van der Waals surface area (Å²) >= 11 is 0. The van der Waals surface area contributed by atoms with E-state index in [-0.39, 0.29) is 29.4 Å². The second-order valence-corrected chi connectivity index (χ2v) is 6.48. The monoisotopic (exact) mass is 318 g/mol. The Kier molecular flexibility index (Phi) is 4.19. The number of aromatic nitrogens is 2. The summed E-state index contributed by atoms with van der Waals surface area (Å²) in [7, 11) is 3.49. The van der Waals surface area contributed by atoms with Crippen LogP contribution in [0.15, 0.2) is 12.3 Å². The average molecular weight is 318 g/mol. The number of ketones is 1. The molecule has 0 aromatic carbocycles. The molecule has 2 aliphatic heterocycles. The fraction of sp³-hybridized carbons (Fsp3) is 0.625. The molecule has 3 heterocycles. The van der Waals surface area contributed by atoms with Crippen molar-refractivity contribution in [1.82, 2.24) is 19.6 Å². The van der Waals surface area contributed by atoms with Gasteiger partial charge in [-0.25, -0.2) is 0 Å². The third-order valence-electron chi connectivity index (χ3n) is 4.94. The van der Waals surface area contributed by atoms with E-state index in [0.29, 0.717) is 44.6 Å². The number of hydrogen-bond donors (Lipinski definition) is 0. The van der Waals surface area contributed by atoms with Gasteiger partial charge in [0.25, 0.3) is 0 Å². The minimum Gasteiger partial charge on any atom is -0.345 e. The fourth-order valence-corrected chi connectivity index (χ4v) is 3.47. The summed E-state index contributed by atoms with van der Waals surface area (Å²) in [5.41, 5.74) is 0.623. The van der Waals surface area contributed by atoms with Gasteiger partial charge in [-0.15, -0.1) is 0 Å². The Morgan fingerprint density at radius 1 is 1.17 bits per heavy atom. The zero-order chi connectivity index (χ0) is 16.6. The van der Waals surface area contributed by atoms with Crippen molar-refractivity contribution in [2.75, 3.05) is 26.7 Å². The van der Waals surface area contributed by atoms with Gasteiger partial charge in [-0.2, -0.15) is 5.10 Å². The van der Waals surface area contributed by atoms with Crippen LogP contribution in [0.1, 0.15) is 29.8 Å². The second-order valence-electron chi connectivity index (χ2n) is 6.48. The lowest BCUT2D eigenvalue weighted by molar-refractivity contribution is -0.137. The number of carbonyl (C=O) groups excluding carboxylic acids is 3. The van der Waals surface area contributed by atoms with Crippen LogP contribution < -0.4 is 0 Å². The van der Waals surface area contributed by atoms with Crippen LogP contribution in [0.5, 0.6) is 0 Å². The van der Waals surface area contributed by atoms with Crippen LogP contribution in [0.4, 0.5) is 0 Å². The molecule has 0 aliphatic carbocycles. The smallest absolute Gasteiger partial charge is 0.227 e. The zero-order valence-corrected chi connectivity index (χ0v) is 13.6. The van der Waals surface area contributed by atoms with Crippen molar-refractivity contribution in [3.63, 3.8) is 0 Å². The average Bonchev–Trinajstić information content (AvgIpc) is 3.12. The molecule has 7 nitrogen and oxygen atoms in total. The molecule has 2 amide bonds. The minimum absolute atomic E-state index is 0.0321. The van der Waals surface area contributed by atoms with Crippen molar-refractivity contribution in [3.8, 4) is 0 Å². The largest absolute Gasteiger partial charge is 0.345 e. The van der Waals surface area contributed by atoms with E-state index in [9.17, 15) is 14.4 Å². The molecule has 7 heteroatoms. The Balaban J connectivity index is 1.56. The molecular weight excluding hydrogens is 296 g/mol. The van der Waals surface area contributed by atoms with Gasteiger partial charge in [-0.05, 0) is 18.9 Å². The molecule has 1 atom stereocenters. The first-order valence-electron chi connectivity index (χ1n) is 8.02. The highest BCUT2D eigenvalue weighted by atomic mass is 16.2. The molecule has 23 heavy (non-hydrogen) atoms. The standard InChI is InChI=1S/C16H22N4O3/c1-18-10-12(9-14(18)21)16(23)20-7-4-11(5-8-20)15(22)13-3-6-17-19(13)2/h3,6,11-12H,4-5,7-10H2,1-2H3. The van der Waals surface area contributed by atoms with E-state index in [1.54, 1.807) is 35.9 Å². The Morgan fingerprint density at radius 2 is 1.87 bits per heavy atom. The molecule has 2 fully saturated rings. The van der Waals surface area contributed by atoms with Gasteiger partial charge in [-0.3, -0.25) is 19.1 Å². The number of hydrogen-bond acceptors (Lipinski definition) is 4. The van der Waals surface area contributed by atoms with Crippen molar-refractivity contribution in [2.45, 2.75) is 19.3 Å². The summed E-state index contributed by atoms with van der Waals surface area (Å²) in [5.74, 6) is -0.0919. The first-order chi connectivity index (χ1) is 11.0. The lowest BCUT2D eigenvalue weighted by atomic mass is 9.90. The maximum atomic E-state index is 12.5. The summed E-state index contributed by atoms with van der Waals surface area (Å²) in [6.45, 7) is 1.68. The van der Waals surface area contributed by atoms with Crippen molar-refractivity contribution in [2.24, 2.45) is 18.9 Å². The molecule has 2 saturated heterocycles. The number of nitrogens with zero attached hydrogens (tertiary/aromatic N) is 4. The first kappa shape index (κ1) is 15.7. The third kappa shape index (κ3) is 3.00. The fourth-order valence-electron chi connectivity index (χ4n) is 3.47. The van der Waals surface area contributed by atoms with Gasteiger partial charge >= 0.3 is 0 Å². The SMILES string of the molecule is CN1CC(C(=O)N2CCC(C(=O)c3ccnn3C)CC2)CC1=O. The highest BCUT2D eigenvalue weighted by Gasteiger charge is 2.37. The molecule has 1 unspecified atom stereocenters. The van der Waals surface area contributed by atoms with E-state index in [4.69, 9.17) is 0 Å². The van der Waals surface area contributed by atoms with Gasteiger partial charge in [0.15, 0.2) is 5.78 Å². The predicted octanol–water partition coefficient (Wildman–Crippen LogP) is 0.320. The number of carbonyl (C=O) groups is 3. The summed E-state index contributed by atoms with van der Waals surface area (Å²) in [6, 6.07) is 1.74. The van der Waals surface area contributed by atoms with Crippen molar-refractivity contribution < 1.29 is 14.4 Å². The van der Waals surface area contributed by atoms with Crippen molar-refractivity contribution in [1.29, 1.82) is 0 Å². The van der Waals surface area contributed by atoms with Crippen LogP contribution in [0, 0.1) is 11.8 Å². The topological polar surface area (TPSA) is 75.5 Å². The molecule has 0 saturated carbocycles. The Morgan fingerprint density at radius 3 is 2.39 bits per heavy atom. The van der Waals surface area contributed by atoms with Crippen LogP contribution in [-0.4, -0.2) is 63.9 Å². The number of piperidine rings is 1. The predicted molar refractivity (Wildman–Crippen MR) is 82.6 cm³/mol. The quantitative estimate of drug-likeness (QED) is 0.752. The third-order valence-corrected chi connectivity index (χ3v) is 4.94. The molecule has 3 rings (SSSR count). The van der Waals surface area contributed by atoms with E-state index in [0.717, 1.165) is 0 Å². The van der Waals surface area contributed by atoms with Gasteiger partial charge in [0.2, 0.25) is 11.8 Å². The summed E-state index contributed by atoms with van der Waals surface area (Å²) in [5, 5.41) is 4.04. The van der Waals surface area contributed by atoms with Gasteiger partial charge in [0.1, 0.15) is 5.69 Å². The van der Waals surface area contributed by atoms with Crippen LogP contribution in [0.2, 0.25) is 0 Å². The second kappa shape index (κ2) is 6.14. The molecule has 0 spiro atoms. The van der Waals surface area contributed by atoms with Gasteiger partial charge in [-0.1, -0.05) is 0 Å². The summed E-state index contributed by atoms with van der Waals surface area (Å²) in [6.07, 6.45) is 3.28. The Bertz CT molecular complexity index is 631. The number of likely N-dealkylation sites (tertiary alicyclic amines) is 2. The van der Waals surface area contributed by atoms with Gasteiger partial charge in [0.05, 0.1) is 5.92 Å². The summed E-state index contributed by atoms with van der Waals surface area (Å²) in [4.78, 5) is 40.0. The first-order valence-corrected chi connectivity index (χ1v) is 8.02. The number of Topliss-reactive ketones (excluding diaryl/α,β-unsaturated/α-hetero) is 1.